The molecule has 0 aromatic carbocycles. The highest BCUT2D eigenvalue weighted by Crippen LogP contribution is 1.96. The molecule has 0 saturated heterocycles. The van der Waals surface area contributed by atoms with E-state index in [9.17, 15) is 0 Å². The first-order valence-electron chi connectivity index (χ1n) is 4.18. The van der Waals surface area contributed by atoms with E-state index in [1.165, 1.54) is 12.8 Å². The van der Waals surface area contributed by atoms with E-state index < -0.39 is 0 Å². The summed E-state index contributed by atoms with van der Waals surface area (Å²) in [6.07, 6.45) is 4.49. The molecule has 0 spiro atoms. The zero-order valence-electron chi connectivity index (χ0n) is 7.10. The number of nitrogens with two attached hydrogens (primary N) is 1. The van der Waals surface area contributed by atoms with E-state index in [4.69, 9.17) is 10.5 Å². The van der Waals surface area contributed by atoms with Crippen LogP contribution in [0.25, 0.3) is 0 Å². The van der Waals surface area contributed by atoms with Crippen LogP contribution in [-0.2, 0) is 4.74 Å². The van der Waals surface area contributed by atoms with Crippen molar-refractivity contribution in [1.29, 1.82) is 0 Å². The summed E-state index contributed by atoms with van der Waals surface area (Å²) in [7, 11) is 0. The molecule has 0 amide bonds. The van der Waals surface area contributed by atoms with Gasteiger partial charge in [0.15, 0.2) is 0 Å². The monoisotopic (exact) mass is 145 g/mol. The molecule has 0 rings (SSSR count). The Labute approximate surface area is 63.7 Å². The van der Waals surface area contributed by atoms with Crippen LogP contribution in [0.2, 0.25) is 0 Å². The fourth-order valence-electron chi connectivity index (χ4n) is 0.705. The Morgan fingerprint density at radius 2 is 2.00 bits per heavy atom. The van der Waals surface area contributed by atoms with E-state index in [1.54, 1.807) is 0 Å². The Morgan fingerprint density at radius 1 is 1.30 bits per heavy atom. The van der Waals surface area contributed by atoms with Gasteiger partial charge in [-0.3, -0.25) is 0 Å². The van der Waals surface area contributed by atoms with Crippen LogP contribution in [0, 0.1) is 0 Å². The maximum absolute atomic E-state index is 5.53. The summed E-state index contributed by atoms with van der Waals surface area (Å²) in [6, 6.07) is 0. The van der Waals surface area contributed by atoms with Crippen LogP contribution in [0.5, 0.6) is 0 Å². The molecule has 0 aliphatic carbocycles. The molecule has 0 radical (unpaired) electrons. The van der Waals surface area contributed by atoms with Gasteiger partial charge in [-0.25, -0.2) is 0 Å². The third-order valence-electron chi connectivity index (χ3n) is 1.48. The standard InChI is InChI=1S/C8H19NO/c1-3-5-6-7-10-8(9)4-2/h8H,3-7,9H2,1-2H3. The van der Waals surface area contributed by atoms with Crippen molar-refractivity contribution in [2.24, 2.45) is 5.73 Å². The van der Waals surface area contributed by atoms with Crippen molar-refractivity contribution >= 4 is 0 Å². The average molecular weight is 145 g/mol. The van der Waals surface area contributed by atoms with Gasteiger partial charge in [-0.15, -0.1) is 0 Å². The Kier molecular flexibility index (Phi) is 6.98. The molecular weight excluding hydrogens is 126 g/mol. The highest BCUT2D eigenvalue weighted by molar-refractivity contribution is 4.42. The van der Waals surface area contributed by atoms with Crippen molar-refractivity contribution in [1.82, 2.24) is 0 Å². The molecule has 0 aliphatic rings. The number of rotatable bonds is 6. The van der Waals surface area contributed by atoms with E-state index in [0.29, 0.717) is 0 Å². The van der Waals surface area contributed by atoms with Crippen LogP contribution < -0.4 is 5.73 Å². The molecule has 2 heteroatoms. The fourth-order valence-corrected chi connectivity index (χ4v) is 0.705. The minimum atomic E-state index is -0.0446. The summed E-state index contributed by atoms with van der Waals surface area (Å²) >= 11 is 0. The van der Waals surface area contributed by atoms with E-state index in [0.717, 1.165) is 19.4 Å². The Bertz CT molecular complexity index is 66.3. The normalized spacial score (nSPS) is 13.5. The molecule has 10 heavy (non-hydrogen) atoms. The molecular formula is C8H19NO. The van der Waals surface area contributed by atoms with Gasteiger partial charge in [0, 0.05) is 6.61 Å². The first-order valence-corrected chi connectivity index (χ1v) is 4.18. The summed E-state index contributed by atoms with van der Waals surface area (Å²) in [5.74, 6) is 0. The largest absolute Gasteiger partial charge is 0.364 e. The van der Waals surface area contributed by atoms with Crippen LogP contribution >= 0.6 is 0 Å². The topological polar surface area (TPSA) is 35.2 Å². The van der Waals surface area contributed by atoms with Crippen LogP contribution in [0.3, 0.4) is 0 Å². The second-order valence-electron chi connectivity index (χ2n) is 2.52. The minimum Gasteiger partial charge on any atom is -0.364 e. The molecule has 0 aliphatic heterocycles. The highest BCUT2D eigenvalue weighted by atomic mass is 16.5. The molecule has 1 atom stereocenters. The van der Waals surface area contributed by atoms with Crippen LogP contribution in [0.4, 0.5) is 0 Å². The lowest BCUT2D eigenvalue weighted by Gasteiger charge is -2.09. The van der Waals surface area contributed by atoms with Crippen molar-refractivity contribution in [3.05, 3.63) is 0 Å². The lowest BCUT2D eigenvalue weighted by molar-refractivity contribution is 0.0528. The summed E-state index contributed by atoms with van der Waals surface area (Å²) in [5.41, 5.74) is 5.53. The van der Waals surface area contributed by atoms with Crippen molar-refractivity contribution in [3.63, 3.8) is 0 Å². The summed E-state index contributed by atoms with van der Waals surface area (Å²) in [6.45, 7) is 5.03. The number of unbranched alkanes of at least 4 members (excludes halogenated alkanes) is 2. The predicted molar refractivity (Wildman–Crippen MR) is 43.7 cm³/mol. The molecule has 0 saturated carbocycles. The maximum Gasteiger partial charge on any atom is 0.105 e. The SMILES string of the molecule is CCCCCOC(N)CC. The van der Waals surface area contributed by atoms with Crippen LogP contribution in [0.15, 0.2) is 0 Å². The molecule has 0 aromatic heterocycles. The van der Waals surface area contributed by atoms with E-state index >= 15 is 0 Å². The lowest BCUT2D eigenvalue weighted by Crippen LogP contribution is -2.22. The maximum atomic E-state index is 5.53. The van der Waals surface area contributed by atoms with Crippen molar-refractivity contribution in [3.8, 4) is 0 Å². The van der Waals surface area contributed by atoms with Gasteiger partial charge in [0.25, 0.3) is 0 Å². The van der Waals surface area contributed by atoms with Gasteiger partial charge in [0.2, 0.25) is 0 Å². The third kappa shape index (κ3) is 6.05. The molecule has 0 aromatic rings. The van der Waals surface area contributed by atoms with Crippen molar-refractivity contribution in [2.75, 3.05) is 6.61 Å². The number of ether oxygens (including phenoxy) is 1. The summed E-state index contributed by atoms with van der Waals surface area (Å²) in [4.78, 5) is 0. The highest BCUT2D eigenvalue weighted by Gasteiger charge is 1.95. The minimum absolute atomic E-state index is 0.0446. The van der Waals surface area contributed by atoms with Gasteiger partial charge in [0.1, 0.15) is 6.23 Å². The fraction of sp³-hybridized carbons (Fsp3) is 1.00. The quantitative estimate of drug-likeness (QED) is 0.457. The molecule has 0 heterocycles. The van der Waals surface area contributed by atoms with E-state index in [-0.39, 0.29) is 6.23 Å². The number of hydrogen-bond acceptors (Lipinski definition) is 2. The van der Waals surface area contributed by atoms with Crippen molar-refractivity contribution in [2.45, 2.75) is 45.8 Å². The third-order valence-corrected chi connectivity index (χ3v) is 1.48. The summed E-state index contributed by atoms with van der Waals surface area (Å²) < 4.78 is 5.27. The van der Waals surface area contributed by atoms with Gasteiger partial charge in [-0.2, -0.15) is 0 Å². The Morgan fingerprint density at radius 3 is 2.50 bits per heavy atom. The Hall–Kier alpha value is -0.0800. The van der Waals surface area contributed by atoms with Gasteiger partial charge in [0.05, 0.1) is 0 Å². The van der Waals surface area contributed by atoms with Gasteiger partial charge in [-0.1, -0.05) is 26.7 Å². The average Bonchev–Trinajstić information content (AvgIpc) is 1.98. The molecule has 2 nitrogen and oxygen atoms in total. The molecule has 62 valence electrons. The molecule has 0 fully saturated rings. The van der Waals surface area contributed by atoms with E-state index in [2.05, 4.69) is 6.92 Å². The number of hydrogen-bond donors (Lipinski definition) is 1. The second-order valence-corrected chi connectivity index (χ2v) is 2.52. The first kappa shape index (κ1) is 9.92. The Balaban J connectivity index is 2.89. The van der Waals surface area contributed by atoms with E-state index in [1.807, 2.05) is 6.92 Å². The first-order chi connectivity index (χ1) is 4.81. The van der Waals surface area contributed by atoms with Gasteiger partial charge < -0.3 is 10.5 Å². The zero-order chi connectivity index (χ0) is 7.82. The van der Waals surface area contributed by atoms with Crippen LogP contribution in [-0.4, -0.2) is 12.8 Å². The summed E-state index contributed by atoms with van der Waals surface area (Å²) in [5, 5.41) is 0. The predicted octanol–water partition coefficient (Wildman–Crippen LogP) is 1.89. The zero-order valence-corrected chi connectivity index (χ0v) is 7.10. The smallest absolute Gasteiger partial charge is 0.105 e. The van der Waals surface area contributed by atoms with Gasteiger partial charge in [-0.05, 0) is 12.8 Å². The second kappa shape index (κ2) is 7.03. The van der Waals surface area contributed by atoms with Crippen LogP contribution in [0.1, 0.15) is 39.5 Å². The lowest BCUT2D eigenvalue weighted by atomic mass is 10.3. The van der Waals surface area contributed by atoms with Crippen molar-refractivity contribution < 1.29 is 4.74 Å². The molecule has 1 unspecified atom stereocenters. The van der Waals surface area contributed by atoms with Gasteiger partial charge >= 0.3 is 0 Å². The molecule has 0 bridgehead atoms. The molecule has 2 N–H and O–H groups in total.